The Hall–Kier alpha value is -3.66. The number of hydrogen-bond donors (Lipinski definition) is 2. The highest BCUT2D eigenvalue weighted by Crippen LogP contribution is 2.38. The molecule has 1 saturated heterocycles. The summed E-state index contributed by atoms with van der Waals surface area (Å²) in [7, 11) is 1.57. The van der Waals surface area contributed by atoms with Crippen LogP contribution in [0.1, 0.15) is 19.4 Å². The van der Waals surface area contributed by atoms with E-state index in [1.165, 1.54) is 6.07 Å². The van der Waals surface area contributed by atoms with Crippen molar-refractivity contribution in [1.82, 2.24) is 10.2 Å². The average Bonchev–Trinajstić information content (AvgIpc) is 2.82. The number of non-ortho nitro benzene ring substituents is 1. The number of amides is 2. The third-order valence-electron chi connectivity index (χ3n) is 6.48. The zero-order valence-corrected chi connectivity index (χ0v) is 20.2. The molecule has 186 valence electrons. The third kappa shape index (κ3) is 5.54. The molecule has 2 amide bonds. The number of ether oxygens (including phenoxy) is 1. The van der Waals surface area contributed by atoms with Gasteiger partial charge in [-0.3, -0.25) is 24.6 Å². The fraction of sp³-hybridized carbons (Fsp3) is 0.440. The van der Waals surface area contributed by atoms with Crippen LogP contribution >= 0.6 is 0 Å². The highest BCUT2D eigenvalue weighted by Gasteiger charge is 2.42. The molecule has 35 heavy (non-hydrogen) atoms. The van der Waals surface area contributed by atoms with E-state index < -0.39 is 10.8 Å². The van der Waals surface area contributed by atoms with E-state index in [-0.39, 0.29) is 36.1 Å². The van der Waals surface area contributed by atoms with Crippen molar-refractivity contribution in [3.63, 3.8) is 0 Å². The maximum Gasteiger partial charge on any atom is 0.269 e. The predicted octanol–water partition coefficient (Wildman–Crippen LogP) is 2.43. The van der Waals surface area contributed by atoms with E-state index in [0.29, 0.717) is 37.5 Å². The van der Waals surface area contributed by atoms with E-state index in [4.69, 9.17) is 4.74 Å². The molecule has 0 spiro atoms. The zero-order chi connectivity index (χ0) is 25.1. The predicted molar refractivity (Wildman–Crippen MR) is 133 cm³/mol. The second-order valence-corrected chi connectivity index (χ2v) is 9.32. The van der Waals surface area contributed by atoms with Crippen LogP contribution in [-0.4, -0.2) is 67.0 Å². The lowest BCUT2D eigenvalue weighted by Gasteiger charge is -2.49. The Labute approximate surface area is 204 Å². The van der Waals surface area contributed by atoms with Crippen LogP contribution < -0.4 is 20.3 Å². The normalized spacial score (nSPS) is 19.5. The first-order valence-corrected chi connectivity index (χ1v) is 11.8. The van der Waals surface area contributed by atoms with Crippen molar-refractivity contribution in [2.45, 2.75) is 32.4 Å². The van der Waals surface area contributed by atoms with Crippen molar-refractivity contribution < 1.29 is 19.2 Å². The standard InChI is InChI=1S/C25H31N5O5/c1-16(2)26-24(31)15-28-9-10-29-22-8-7-19(30(33)34)11-17(22)12-21(23(29)14-28)25(32)27-18-5-4-6-20(13-18)35-3/h4-8,11,13,16,21,23H,9-10,12,14-15H2,1-3H3,(H,26,31)(H,27,32)/t21-,23+/m1/s1. The average molecular weight is 482 g/mol. The van der Waals surface area contributed by atoms with Gasteiger partial charge in [-0.1, -0.05) is 6.07 Å². The van der Waals surface area contributed by atoms with Crippen molar-refractivity contribution in [1.29, 1.82) is 0 Å². The fourth-order valence-corrected chi connectivity index (χ4v) is 4.93. The molecular formula is C25H31N5O5. The molecule has 10 nitrogen and oxygen atoms in total. The molecule has 0 unspecified atom stereocenters. The molecule has 0 radical (unpaired) electrons. The molecule has 2 aromatic carbocycles. The third-order valence-corrected chi connectivity index (χ3v) is 6.48. The van der Waals surface area contributed by atoms with Crippen LogP contribution in [0, 0.1) is 16.0 Å². The highest BCUT2D eigenvalue weighted by atomic mass is 16.6. The number of nitrogens with one attached hydrogen (secondary N) is 2. The topological polar surface area (TPSA) is 117 Å². The summed E-state index contributed by atoms with van der Waals surface area (Å²) < 4.78 is 5.26. The van der Waals surface area contributed by atoms with Gasteiger partial charge in [0.05, 0.1) is 30.5 Å². The van der Waals surface area contributed by atoms with Gasteiger partial charge < -0.3 is 20.3 Å². The van der Waals surface area contributed by atoms with Gasteiger partial charge in [-0.25, -0.2) is 0 Å². The number of nitro groups is 1. The van der Waals surface area contributed by atoms with Gasteiger partial charge in [-0.2, -0.15) is 0 Å². The molecular weight excluding hydrogens is 450 g/mol. The molecule has 10 heteroatoms. The summed E-state index contributed by atoms with van der Waals surface area (Å²) in [5.41, 5.74) is 2.33. The first-order valence-electron chi connectivity index (χ1n) is 11.8. The fourth-order valence-electron chi connectivity index (χ4n) is 4.93. The minimum atomic E-state index is -0.452. The highest BCUT2D eigenvalue weighted by molar-refractivity contribution is 5.94. The minimum absolute atomic E-state index is 0.0122. The quantitative estimate of drug-likeness (QED) is 0.461. The number of fused-ring (bicyclic) bond motifs is 3. The van der Waals surface area contributed by atoms with Gasteiger partial charge in [-0.05, 0) is 44.0 Å². The molecule has 2 aromatic rings. The lowest BCUT2D eigenvalue weighted by molar-refractivity contribution is -0.384. The van der Waals surface area contributed by atoms with Crippen LogP contribution in [0.15, 0.2) is 42.5 Å². The van der Waals surface area contributed by atoms with Gasteiger partial charge in [0.25, 0.3) is 5.69 Å². The van der Waals surface area contributed by atoms with Gasteiger partial charge in [0.15, 0.2) is 0 Å². The molecule has 4 rings (SSSR count). The van der Waals surface area contributed by atoms with E-state index in [2.05, 4.69) is 20.4 Å². The number of hydrogen-bond acceptors (Lipinski definition) is 7. The maximum absolute atomic E-state index is 13.5. The molecule has 1 fully saturated rings. The number of nitrogens with zero attached hydrogens (tertiary/aromatic N) is 3. The Kier molecular flexibility index (Phi) is 7.20. The molecule has 2 atom stereocenters. The van der Waals surface area contributed by atoms with Crippen molar-refractivity contribution in [2.24, 2.45) is 5.92 Å². The van der Waals surface area contributed by atoms with E-state index >= 15 is 0 Å². The monoisotopic (exact) mass is 481 g/mol. The Balaban J connectivity index is 1.60. The Morgan fingerprint density at radius 3 is 2.71 bits per heavy atom. The first-order chi connectivity index (χ1) is 16.7. The summed E-state index contributed by atoms with van der Waals surface area (Å²) in [6.45, 7) is 5.92. The Morgan fingerprint density at radius 2 is 2.00 bits per heavy atom. The summed E-state index contributed by atoms with van der Waals surface area (Å²) >= 11 is 0. The molecule has 2 N–H and O–H groups in total. The van der Waals surface area contributed by atoms with E-state index in [1.807, 2.05) is 13.8 Å². The summed E-state index contributed by atoms with van der Waals surface area (Å²) in [5, 5.41) is 17.3. The van der Waals surface area contributed by atoms with Crippen molar-refractivity contribution in [3.05, 3.63) is 58.1 Å². The van der Waals surface area contributed by atoms with Crippen LogP contribution in [0.25, 0.3) is 0 Å². The van der Waals surface area contributed by atoms with Crippen molar-refractivity contribution in [3.8, 4) is 5.75 Å². The summed E-state index contributed by atoms with van der Waals surface area (Å²) in [5.74, 6) is -0.0303. The number of anilines is 2. The molecule has 0 saturated carbocycles. The first kappa shape index (κ1) is 24.5. The summed E-state index contributed by atoms with van der Waals surface area (Å²) in [6.07, 6.45) is 0.375. The van der Waals surface area contributed by atoms with Crippen molar-refractivity contribution >= 4 is 28.9 Å². The largest absolute Gasteiger partial charge is 0.497 e. The van der Waals surface area contributed by atoms with E-state index in [0.717, 1.165) is 11.3 Å². The lowest BCUT2D eigenvalue weighted by atomic mass is 9.83. The van der Waals surface area contributed by atoms with Gasteiger partial charge in [-0.15, -0.1) is 0 Å². The number of methoxy groups -OCH3 is 1. The summed E-state index contributed by atoms with van der Waals surface area (Å²) in [6, 6.07) is 11.9. The summed E-state index contributed by atoms with van der Waals surface area (Å²) in [4.78, 5) is 41.1. The van der Waals surface area contributed by atoms with Gasteiger partial charge >= 0.3 is 0 Å². The molecule has 0 bridgehead atoms. The second-order valence-electron chi connectivity index (χ2n) is 9.32. The number of benzene rings is 2. The molecule has 0 aliphatic carbocycles. The number of carbonyl (C=O) groups is 2. The SMILES string of the molecule is COc1cccc(NC(=O)[C@@H]2Cc3cc([N+](=O)[O-])ccc3N3CCN(CC(=O)NC(C)C)C[C@@H]23)c1. The molecule has 2 aliphatic rings. The van der Waals surface area contributed by atoms with Gasteiger partial charge in [0, 0.05) is 55.2 Å². The lowest BCUT2D eigenvalue weighted by Crippen LogP contribution is -2.61. The van der Waals surface area contributed by atoms with E-state index in [9.17, 15) is 19.7 Å². The van der Waals surface area contributed by atoms with Crippen LogP contribution in [0.2, 0.25) is 0 Å². The number of carbonyl (C=O) groups excluding carboxylic acids is 2. The maximum atomic E-state index is 13.5. The van der Waals surface area contributed by atoms with Crippen LogP contribution in [0.5, 0.6) is 5.75 Å². The van der Waals surface area contributed by atoms with Crippen LogP contribution in [0.3, 0.4) is 0 Å². The molecule has 2 heterocycles. The molecule has 2 aliphatic heterocycles. The zero-order valence-electron chi connectivity index (χ0n) is 20.2. The number of nitro benzene ring substituents is 1. The number of piperazine rings is 1. The number of rotatable bonds is 7. The minimum Gasteiger partial charge on any atom is -0.497 e. The van der Waals surface area contributed by atoms with E-state index in [1.54, 1.807) is 43.5 Å². The van der Waals surface area contributed by atoms with Gasteiger partial charge in [0.2, 0.25) is 11.8 Å². The van der Waals surface area contributed by atoms with Crippen LogP contribution in [-0.2, 0) is 16.0 Å². The second kappa shape index (κ2) is 10.3. The Morgan fingerprint density at radius 1 is 1.20 bits per heavy atom. The van der Waals surface area contributed by atoms with Crippen LogP contribution in [0.4, 0.5) is 17.1 Å². The Bertz CT molecular complexity index is 1120. The van der Waals surface area contributed by atoms with Gasteiger partial charge in [0.1, 0.15) is 5.75 Å². The smallest absolute Gasteiger partial charge is 0.269 e. The van der Waals surface area contributed by atoms with Crippen molar-refractivity contribution in [2.75, 3.05) is 43.5 Å². The molecule has 0 aromatic heterocycles.